The Morgan fingerprint density at radius 3 is 1.62 bits per heavy atom. The second-order valence-corrected chi connectivity index (χ2v) is 10.6. The van der Waals surface area contributed by atoms with Crippen LogP contribution in [0.15, 0.2) is 103 Å². The van der Waals surface area contributed by atoms with Crippen molar-refractivity contribution in [2.24, 2.45) is 0 Å². The van der Waals surface area contributed by atoms with Gasteiger partial charge in [0.25, 0.3) is 0 Å². The Labute approximate surface area is 219 Å². The molecule has 0 saturated heterocycles. The maximum Gasteiger partial charge on any atom is 0.121 e. The number of aliphatic hydroxyl groups excluding tert-OH is 2. The van der Waals surface area contributed by atoms with Crippen LogP contribution in [0.2, 0.25) is 0 Å². The molecule has 192 valence electrons. The van der Waals surface area contributed by atoms with E-state index in [0.717, 1.165) is 16.7 Å². The average Bonchev–Trinajstić information content (AvgIpc) is 2.92. The molecule has 4 rings (SSSR count). The van der Waals surface area contributed by atoms with E-state index in [2.05, 4.69) is 52.0 Å². The Bertz CT molecular complexity index is 1300. The summed E-state index contributed by atoms with van der Waals surface area (Å²) in [6.07, 6.45) is -2.52. The van der Waals surface area contributed by atoms with Gasteiger partial charge in [0.15, 0.2) is 0 Å². The van der Waals surface area contributed by atoms with Gasteiger partial charge in [0.1, 0.15) is 30.3 Å². The molecule has 4 heteroatoms. The van der Waals surface area contributed by atoms with Crippen LogP contribution < -0.4 is 4.74 Å². The molecule has 0 radical (unpaired) electrons. The zero-order chi connectivity index (χ0) is 26.6. The number of phenolic OH excluding ortho intramolecular Hbond substituents is 1. The number of aliphatic hydroxyl groups is 2. The molecule has 0 aromatic heterocycles. The molecule has 4 aromatic carbocycles. The standard InChI is InChI=1S/C33H36O4/c1-32(2,23-11-7-5-8-12-23)25-15-18-27(19-16-25)37-22-30(35)31(36)28-21-26(17-20-29(28)34)33(3,4)24-13-9-6-10-14-24/h5-21,30-31,34-36H,22H2,1-4H3. The third kappa shape index (κ3) is 5.71. The summed E-state index contributed by atoms with van der Waals surface area (Å²) < 4.78 is 5.80. The zero-order valence-corrected chi connectivity index (χ0v) is 21.9. The van der Waals surface area contributed by atoms with Crippen molar-refractivity contribution >= 4 is 0 Å². The second-order valence-electron chi connectivity index (χ2n) is 10.6. The average molecular weight is 497 g/mol. The van der Waals surface area contributed by atoms with Gasteiger partial charge in [-0.1, -0.05) is 107 Å². The van der Waals surface area contributed by atoms with E-state index in [9.17, 15) is 15.3 Å². The second kappa shape index (κ2) is 10.8. The van der Waals surface area contributed by atoms with Crippen molar-refractivity contribution in [1.29, 1.82) is 0 Å². The molecule has 0 fully saturated rings. The van der Waals surface area contributed by atoms with E-state index in [1.165, 1.54) is 5.56 Å². The lowest BCUT2D eigenvalue weighted by Crippen LogP contribution is -2.26. The zero-order valence-electron chi connectivity index (χ0n) is 21.9. The first-order valence-corrected chi connectivity index (χ1v) is 12.6. The third-order valence-corrected chi connectivity index (χ3v) is 7.42. The topological polar surface area (TPSA) is 69.9 Å². The lowest BCUT2D eigenvalue weighted by molar-refractivity contribution is -0.0101. The molecule has 0 amide bonds. The van der Waals surface area contributed by atoms with Crippen molar-refractivity contribution in [3.63, 3.8) is 0 Å². The molecule has 0 bridgehead atoms. The molecule has 0 aliphatic heterocycles. The van der Waals surface area contributed by atoms with Crippen LogP contribution in [0.4, 0.5) is 0 Å². The van der Waals surface area contributed by atoms with Crippen LogP contribution in [0.1, 0.15) is 61.6 Å². The van der Waals surface area contributed by atoms with Crippen LogP contribution in [0.3, 0.4) is 0 Å². The molecule has 2 unspecified atom stereocenters. The SMILES string of the molecule is CC(C)(c1ccccc1)c1ccc(OCC(O)C(O)c2cc(C(C)(C)c3ccccc3)ccc2O)cc1. The van der Waals surface area contributed by atoms with Crippen molar-refractivity contribution in [1.82, 2.24) is 0 Å². The van der Waals surface area contributed by atoms with Crippen LogP contribution in [0, 0.1) is 0 Å². The summed E-state index contributed by atoms with van der Waals surface area (Å²) in [6.45, 7) is 8.42. The largest absolute Gasteiger partial charge is 0.508 e. The summed E-state index contributed by atoms with van der Waals surface area (Å²) in [7, 11) is 0. The summed E-state index contributed by atoms with van der Waals surface area (Å²) >= 11 is 0. The van der Waals surface area contributed by atoms with Gasteiger partial charge >= 0.3 is 0 Å². The molecule has 2 atom stereocenters. The van der Waals surface area contributed by atoms with Crippen LogP contribution >= 0.6 is 0 Å². The van der Waals surface area contributed by atoms with E-state index in [-0.39, 0.29) is 28.7 Å². The highest BCUT2D eigenvalue weighted by Gasteiger charge is 2.28. The molecule has 0 saturated carbocycles. The van der Waals surface area contributed by atoms with Gasteiger partial charge in [0.05, 0.1) is 0 Å². The third-order valence-electron chi connectivity index (χ3n) is 7.42. The minimum Gasteiger partial charge on any atom is -0.508 e. The lowest BCUT2D eigenvalue weighted by Gasteiger charge is -2.28. The molecule has 0 spiro atoms. The highest BCUT2D eigenvalue weighted by atomic mass is 16.5. The first-order valence-electron chi connectivity index (χ1n) is 12.6. The van der Waals surface area contributed by atoms with Gasteiger partial charge in [-0.15, -0.1) is 0 Å². The summed E-state index contributed by atoms with van der Waals surface area (Å²) in [5.74, 6) is 0.536. The number of ether oxygens (including phenoxy) is 1. The quantitative estimate of drug-likeness (QED) is 0.247. The minimum absolute atomic E-state index is 0.0633. The number of hydrogen-bond donors (Lipinski definition) is 3. The first-order chi connectivity index (χ1) is 17.6. The van der Waals surface area contributed by atoms with Crippen molar-refractivity contribution in [3.05, 3.63) is 131 Å². The van der Waals surface area contributed by atoms with Gasteiger partial charge in [-0.25, -0.2) is 0 Å². The summed E-state index contributed by atoms with van der Waals surface area (Å²) in [5, 5.41) is 32.1. The molecular formula is C33H36O4. The van der Waals surface area contributed by atoms with Gasteiger partial charge in [-0.2, -0.15) is 0 Å². The van der Waals surface area contributed by atoms with E-state index in [0.29, 0.717) is 5.75 Å². The van der Waals surface area contributed by atoms with Gasteiger partial charge in [-0.3, -0.25) is 0 Å². The summed E-state index contributed by atoms with van der Waals surface area (Å²) in [6, 6.07) is 33.3. The van der Waals surface area contributed by atoms with E-state index in [1.807, 2.05) is 66.7 Å². The van der Waals surface area contributed by atoms with Gasteiger partial charge in [0, 0.05) is 16.4 Å². The Morgan fingerprint density at radius 2 is 1.08 bits per heavy atom. The van der Waals surface area contributed by atoms with Crippen LogP contribution in [0.25, 0.3) is 0 Å². The van der Waals surface area contributed by atoms with Gasteiger partial charge < -0.3 is 20.1 Å². The van der Waals surface area contributed by atoms with E-state index < -0.39 is 12.2 Å². The van der Waals surface area contributed by atoms with Crippen molar-refractivity contribution in [2.45, 2.75) is 50.7 Å². The number of aromatic hydroxyl groups is 1. The highest BCUT2D eigenvalue weighted by molar-refractivity contribution is 5.45. The minimum atomic E-state index is -1.30. The van der Waals surface area contributed by atoms with Crippen LogP contribution in [-0.4, -0.2) is 28.0 Å². The highest BCUT2D eigenvalue weighted by Crippen LogP contribution is 2.36. The van der Waals surface area contributed by atoms with Crippen LogP contribution in [0.5, 0.6) is 11.5 Å². The molecule has 4 aromatic rings. The van der Waals surface area contributed by atoms with Gasteiger partial charge in [-0.05, 0) is 46.5 Å². The number of benzene rings is 4. The molecule has 0 aliphatic carbocycles. The van der Waals surface area contributed by atoms with E-state index in [4.69, 9.17) is 4.74 Å². The predicted molar refractivity (Wildman–Crippen MR) is 148 cm³/mol. The number of phenols is 1. The monoisotopic (exact) mass is 496 g/mol. The molecule has 4 nitrogen and oxygen atoms in total. The maximum absolute atomic E-state index is 10.9. The number of rotatable bonds is 9. The summed E-state index contributed by atoms with van der Waals surface area (Å²) in [5.41, 5.74) is 4.18. The molecule has 3 N–H and O–H groups in total. The fourth-order valence-electron chi connectivity index (χ4n) is 4.67. The Kier molecular flexibility index (Phi) is 7.72. The molecule has 0 aliphatic rings. The van der Waals surface area contributed by atoms with Crippen molar-refractivity contribution in [3.8, 4) is 11.5 Å². The van der Waals surface area contributed by atoms with E-state index >= 15 is 0 Å². The Morgan fingerprint density at radius 1 is 0.622 bits per heavy atom. The maximum atomic E-state index is 10.9. The fourth-order valence-corrected chi connectivity index (χ4v) is 4.67. The van der Waals surface area contributed by atoms with Crippen LogP contribution in [-0.2, 0) is 10.8 Å². The normalized spacial score (nSPS) is 13.7. The number of hydrogen-bond acceptors (Lipinski definition) is 4. The summed E-state index contributed by atoms with van der Waals surface area (Å²) in [4.78, 5) is 0. The predicted octanol–water partition coefficient (Wildman–Crippen LogP) is 6.52. The van der Waals surface area contributed by atoms with Crippen molar-refractivity contribution < 1.29 is 20.1 Å². The Hall–Kier alpha value is -3.60. The molecule has 0 heterocycles. The van der Waals surface area contributed by atoms with E-state index in [1.54, 1.807) is 12.1 Å². The molecule has 37 heavy (non-hydrogen) atoms. The van der Waals surface area contributed by atoms with Crippen molar-refractivity contribution in [2.75, 3.05) is 6.61 Å². The lowest BCUT2D eigenvalue weighted by atomic mass is 9.77. The van der Waals surface area contributed by atoms with Gasteiger partial charge in [0.2, 0.25) is 0 Å². The Balaban J connectivity index is 1.45. The smallest absolute Gasteiger partial charge is 0.121 e. The first kappa shape index (κ1) is 26.5. The fraction of sp³-hybridized carbons (Fsp3) is 0.273. The molecular weight excluding hydrogens is 460 g/mol.